The zero-order valence-corrected chi connectivity index (χ0v) is 14.4. The summed E-state index contributed by atoms with van der Waals surface area (Å²) in [4.78, 5) is 12.1. The van der Waals surface area contributed by atoms with E-state index in [4.69, 9.17) is 4.74 Å². The Kier molecular flexibility index (Phi) is 5.03. The van der Waals surface area contributed by atoms with Gasteiger partial charge in [-0.25, -0.2) is 0 Å². The zero-order chi connectivity index (χ0) is 13.8. The van der Waals surface area contributed by atoms with E-state index in [0.29, 0.717) is 5.56 Å². The van der Waals surface area contributed by atoms with Crippen molar-refractivity contribution in [1.82, 2.24) is 0 Å². The molecule has 0 spiro atoms. The van der Waals surface area contributed by atoms with Crippen LogP contribution in [0.25, 0.3) is 0 Å². The summed E-state index contributed by atoms with van der Waals surface area (Å²) in [7, 11) is 1.61. The molecule has 0 unspecified atom stereocenters. The first-order valence-electron chi connectivity index (χ1n) is 5.50. The van der Waals surface area contributed by atoms with Crippen molar-refractivity contribution < 1.29 is 9.53 Å². The van der Waals surface area contributed by atoms with E-state index in [0.717, 1.165) is 18.6 Å². The Hall–Kier alpha value is -0.830. The second kappa shape index (κ2) is 6.56. The number of benzene rings is 2. The first-order valence-corrected chi connectivity index (χ1v) is 7.66. The fourth-order valence-corrected chi connectivity index (χ4v) is 2.64. The van der Waals surface area contributed by atoms with E-state index in [9.17, 15) is 4.79 Å². The van der Waals surface area contributed by atoms with Crippen molar-refractivity contribution in [3.8, 4) is 5.75 Å². The molecule has 0 aliphatic heterocycles. The van der Waals surface area contributed by atoms with Crippen LogP contribution in [0.15, 0.2) is 42.5 Å². The van der Waals surface area contributed by atoms with Gasteiger partial charge in [0.05, 0.1) is 10.7 Å². The van der Waals surface area contributed by atoms with Gasteiger partial charge in [-0.15, -0.1) is 0 Å². The van der Waals surface area contributed by atoms with Crippen LogP contribution in [-0.2, 0) is 0 Å². The van der Waals surface area contributed by atoms with E-state index in [2.05, 4.69) is 50.5 Å². The van der Waals surface area contributed by atoms with Gasteiger partial charge in [-0.1, -0.05) is 0 Å². The SMILES string of the molecule is COc1ccc(C(=O)Nc2ccc(I)cc2)cc1I. The minimum Gasteiger partial charge on any atom is -0.496 e. The zero-order valence-electron chi connectivity index (χ0n) is 10.1. The standard InChI is InChI=1S/C14H11I2NO2/c1-19-13-7-2-9(8-12(13)16)14(18)17-11-5-3-10(15)4-6-11/h2-8H,1H3,(H,17,18). The smallest absolute Gasteiger partial charge is 0.255 e. The number of nitrogens with one attached hydrogen (secondary N) is 1. The van der Waals surface area contributed by atoms with Crippen LogP contribution in [0.2, 0.25) is 0 Å². The lowest BCUT2D eigenvalue weighted by Crippen LogP contribution is -2.12. The number of halogens is 2. The van der Waals surface area contributed by atoms with Gasteiger partial charge in [-0.2, -0.15) is 0 Å². The van der Waals surface area contributed by atoms with Crippen molar-refractivity contribution in [1.29, 1.82) is 0 Å². The van der Waals surface area contributed by atoms with Gasteiger partial charge in [0.15, 0.2) is 0 Å². The third-order valence-corrected chi connectivity index (χ3v) is 4.08. The second-order valence-corrected chi connectivity index (χ2v) is 6.22. The van der Waals surface area contributed by atoms with Crippen LogP contribution < -0.4 is 10.1 Å². The largest absolute Gasteiger partial charge is 0.496 e. The molecule has 0 saturated carbocycles. The van der Waals surface area contributed by atoms with E-state index < -0.39 is 0 Å². The normalized spacial score (nSPS) is 10.1. The van der Waals surface area contributed by atoms with Crippen molar-refractivity contribution in [2.75, 3.05) is 12.4 Å². The van der Waals surface area contributed by atoms with Gasteiger partial charge in [0.2, 0.25) is 0 Å². The van der Waals surface area contributed by atoms with E-state index in [1.54, 1.807) is 25.3 Å². The van der Waals surface area contributed by atoms with Gasteiger partial charge < -0.3 is 10.1 Å². The van der Waals surface area contributed by atoms with Crippen LogP contribution in [0.4, 0.5) is 5.69 Å². The van der Waals surface area contributed by atoms with Crippen molar-refractivity contribution in [2.24, 2.45) is 0 Å². The Morgan fingerprint density at radius 2 is 1.79 bits per heavy atom. The number of hydrogen-bond acceptors (Lipinski definition) is 2. The molecule has 0 aliphatic carbocycles. The number of methoxy groups -OCH3 is 1. The third-order valence-electron chi connectivity index (χ3n) is 2.52. The number of hydrogen-bond donors (Lipinski definition) is 1. The number of amides is 1. The molecule has 2 aromatic rings. The summed E-state index contributed by atoms with van der Waals surface area (Å²) in [5.41, 5.74) is 1.40. The Bertz CT molecular complexity index is 597. The van der Waals surface area contributed by atoms with Gasteiger partial charge in [-0.05, 0) is 87.6 Å². The minimum atomic E-state index is -0.123. The molecule has 1 N–H and O–H groups in total. The Balaban J connectivity index is 2.16. The highest BCUT2D eigenvalue weighted by Crippen LogP contribution is 2.22. The number of carbonyl (C=O) groups is 1. The van der Waals surface area contributed by atoms with E-state index in [1.807, 2.05) is 24.3 Å². The van der Waals surface area contributed by atoms with Crippen molar-refractivity contribution in [3.63, 3.8) is 0 Å². The highest BCUT2D eigenvalue weighted by Gasteiger charge is 2.09. The molecule has 0 aliphatic rings. The molecule has 0 heterocycles. The second-order valence-electron chi connectivity index (χ2n) is 3.81. The molecule has 0 radical (unpaired) electrons. The van der Waals surface area contributed by atoms with Gasteiger partial charge in [0.1, 0.15) is 5.75 Å². The summed E-state index contributed by atoms with van der Waals surface area (Å²) >= 11 is 4.37. The molecule has 3 nitrogen and oxygen atoms in total. The topological polar surface area (TPSA) is 38.3 Å². The fraction of sp³-hybridized carbons (Fsp3) is 0.0714. The quantitative estimate of drug-likeness (QED) is 0.673. The number of carbonyl (C=O) groups excluding carboxylic acids is 1. The molecule has 0 aromatic heterocycles. The molecule has 0 atom stereocenters. The van der Waals surface area contributed by atoms with Gasteiger partial charge in [-0.3, -0.25) is 4.79 Å². The molecule has 0 saturated heterocycles. The van der Waals surface area contributed by atoms with Crippen LogP contribution >= 0.6 is 45.2 Å². The van der Waals surface area contributed by atoms with Gasteiger partial charge >= 0.3 is 0 Å². The highest BCUT2D eigenvalue weighted by atomic mass is 127. The van der Waals surface area contributed by atoms with Crippen LogP contribution in [0.3, 0.4) is 0 Å². The number of ether oxygens (including phenoxy) is 1. The van der Waals surface area contributed by atoms with Crippen molar-refractivity contribution in [3.05, 3.63) is 55.2 Å². The summed E-state index contributed by atoms with van der Waals surface area (Å²) in [6.45, 7) is 0. The maximum Gasteiger partial charge on any atom is 0.255 e. The summed E-state index contributed by atoms with van der Waals surface area (Å²) in [6.07, 6.45) is 0. The molecule has 19 heavy (non-hydrogen) atoms. The summed E-state index contributed by atoms with van der Waals surface area (Å²) < 4.78 is 7.22. The summed E-state index contributed by atoms with van der Waals surface area (Å²) in [5, 5.41) is 2.86. The predicted molar refractivity (Wildman–Crippen MR) is 92.8 cm³/mol. The first-order chi connectivity index (χ1) is 9.10. The monoisotopic (exact) mass is 479 g/mol. The molecular weight excluding hydrogens is 468 g/mol. The Morgan fingerprint density at radius 3 is 2.37 bits per heavy atom. The summed E-state index contributed by atoms with van der Waals surface area (Å²) in [6, 6.07) is 13.0. The van der Waals surface area contributed by atoms with E-state index in [1.165, 1.54) is 0 Å². The number of anilines is 1. The molecule has 2 aromatic carbocycles. The Labute approximate surface area is 139 Å². The molecule has 0 bridgehead atoms. The van der Waals surface area contributed by atoms with Crippen molar-refractivity contribution in [2.45, 2.75) is 0 Å². The lowest BCUT2D eigenvalue weighted by Gasteiger charge is -2.08. The van der Waals surface area contributed by atoms with E-state index >= 15 is 0 Å². The maximum atomic E-state index is 12.1. The summed E-state index contributed by atoms with van der Waals surface area (Å²) in [5.74, 6) is 0.646. The average molecular weight is 479 g/mol. The predicted octanol–water partition coefficient (Wildman–Crippen LogP) is 4.16. The first kappa shape index (κ1) is 14.6. The highest BCUT2D eigenvalue weighted by molar-refractivity contribution is 14.1. The van der Waals surface area contributed by atoms with Crippen LogP contribution in [0.1, 0.15) is 10.4 Å². The van der Waals surface area contributed by atoms with Crippen LogP contribution in [0, 0.1) is 7.14 Å². The fourth-order valence-electron chi connectivity index (χ4n) is 1.54. The minimum absolute atomic E-state index is 0.123. The van der Waals surface area contributed by atoms with Gasteiger partial charge in [0, 0.05) is 14.8 Å². The van der Waals surface area contributed by atoms with Gasteiger partial charge in [0.25, 0.3) is 5.91 Å². The Morgan fingerprint density at radius 1 is 1.11 bits per heavy atom. The van der Waals surface area contributed by atoms with Crippen LogP contribution in [0.5, 0.6) is 5.75 Å². The number of rotatable bonds is 3. The molecule has 98 valence electrons. The lowest BCUT2D eigenvalue weighted by atomic mass is 10.2. The third kappa shape index (κ3) is 3.82. The van der Waals surface area contributed by atoms with Crippen LogP contribution in [-0.4, -0.2) is 13.0 Å². The van der Waals surface area contributed by atoms with Crippen molar-refractivity contribution >= 4 is 56.8 Å². The molecule has 2 rings (SSSR count). The maximum absolute atomic E-state index is 12.1. The molecule has 0 fully saturated rings. The molecule has 1 amide bonds. The average Bonchev–Trinajstić information content (AvgIpc) is 2.41. The molecule has 5 heteroatoms. The molecular formula is C14H11I2NO2. The lowest BCUT2D eigenvalue weighted by molar-refractivity contribution is 0.102. The van der Waals surface area contributed by atoms with E-state index in [-0.39, 0.29) is 5.91 Å².